The molecular weight excluding hydrogens is 454 g/mol. The van der Waals surface area contributed by atoms with Crippen molar-refractivity contribution in [1.82, 2.24) is 14.9 Å². The smallest absolute Gasteiger partial charge is 0.336 e. The van der Waals surface area contributed by atoms with Crippen LogP contribution in [-0.4, -0.2) is 38.4 Å². The van der Waals surface area contributed by atoms with Crippen LogP contribution in [0.1, 0.15) is 32.0 Å². The number of pyridine rings is 2. The molecule has 7 nitrogen and oxygen atoms in total. The molecule has 0 saturated heterocycles. The molecule has 0 bridgehead atoms. The van der Waals surface area contributed by atoms with E-state index in [0.29, 0.717) is 41.0 Å². The number of carboxylic acids is 1. The number of amides is 1. The molecule has 0 aliphatic carbocycles. The lowest BCUT2D eigenvalue weighted by atomic mass is 9.97. The summed E-state index contributed by atoms with van der Waals surface area (Å²) in [6, 6.07) is 24.5. The lowest BCUT2D eigenvalue weighted by Gasteiger charge is -2.30. The highest BCUT2D eigenvalue weighted by Gasteiger charge is 2.28. The highest BCUT2D eigenvalue weighted by molar-refractivity contribution is 6.08. The summed E-state index contributed by atoms with van der Waals surface area (Å²) < 4.78 is 0. The zero-order chi connectivity index (χ0) is 24.8. The summed E-state index contributed by atoms with van der Waals surface area (Å²) in [6.07, 6.45) is 0.372. The number of H-pyrrole nitrogens is 1. The number of carbonyl (C=O) groups is 2. The van der Waals surface area contributed by atoms with Crippen molar-refractivity contribution in [2.45, 2.75) is 13.0 Å². The topological polar surface area (TPSA) is 103 Å². The quantitative estimate of drug-likeness (QED) is 0.396. The van der Waals surface area contributed by atoms with Crippen molar-refractivity contribution < 1.29 is 14.7 Å². The van der Waals surface area contributed by atoms with E-state index >= 15 is 0 Å². The van der Waals surface area contributed by atoms with Crippen LogP contribution in [-0.2, 0) is 13.0 Å². The van der Waals surface area contributed by atoms with Crippen LogP contribution >= 0.6 is 0 Å². The molecular formula is C29H21N3O4. The average molecular weight is 476 g/mol. The largest absolute Gasteiger partial charge is 0.478 e. The van der Waals surface area contributed by atoms with Crippen LogP contribution in [0.25, 0.3) is 32.9 Å². The van der Waals surface area contributed by atoms with Crippen molar-refractivity contribution in [1.29, 1.82) is 0 Å². The number of fused-ring (bicyclic) bond motifs is 3. The number of nitrogens with zero attached hydrogens (tertiary/aromatic N) is 2. The second kappa shape index (κ2) is 8.46. The molecule has 0 spiro atoms. The summed E-state index contributed by atoms with van der Waals surface area (Å²) in [4.78, 5) is 46.8. The van der Waals surface area contributed by atoms with Gasteiger partial charge in [0.1, 0.15) is 0 Å². The number of hydrogen-bond donors (Lipinski definition) is 2. The molecule has 2 aromatic heterocycles. The van der Waals surface area contributed by atoms with Gasteiger partial charge in [-0.25, -0.2) is 9.78 Å². The van der Waals surface area contributed by atoms with Gasteiger partial charge in [-0.2, -0.15) is 0 Å². The second-order valence-electron chi connectivity index (χ2n) is 8.89. The number of aromatic nitrogens is 2. The molecule has 0 atom stereocenters. The van der Waals surface area contributed by atoms with E-state index in [1.54, 1.807) is 4.90 Å². The SMILES string of the molecule is O=C(O)c1cc(=O)[nH]c2c1CN(C(=O)c1cc(-c3cccc4ccccc34)nc3ccccc13)CC2. The lowest BCUT2D eigenvalue weighted by Crippen LogP contribution is -2.38. The summed E-state index contributed by atoms with van der Waals surface area (Å²) in [5.74, 6) is -1.39. The van der Waals surface area contributed by atoms with Crippen LogP contribution < -0.4 is 5.56 Å². The molecule has 7 heteroatoms. The van der Waals surface area contributed by atoms with Gasteiger partial charge in [-0.05, 0) is 22.9 Å². The standard InChI is InChI=1S/C29H21N3O4/c33-27-15-22(29(35)36)23-16-32(13-12-25(23)31-27)28(34)21-14-26(30-24-11-4-3-9-20(21)24)19-10-5-7-17-6-1-2-8-18(17)19/h1-11,14-15H,12-13,16H2,(H,31,33)(H,35,36). The Morgan fingerprint density at radius 3 is 2.47 bits per heavy atom. The van der Waals surface area contributed by atoms with E-state index < -0.39 is 11.5 Å². The van der Waals surface area contributed by atoms with Gasteiger partial charge in [-0.3, -0.25) is 9.59 Å². The van der Waals surface area contributed by atoms with Gasteiger partial charge in [-0.1, -0.05) is 60.7 Å². The molecule has 36 heavy (non-hydrogen) atoms. The fourth-order valence-corrected chi connectivity index (χ4v) is 5.03. The zero-order valence-corrected chi connectivity index (χ0v) is 19.2. The number of hydrogen-bond acceptors (Lipinski definition) is 4. The average Bonchev–Trinajstić information content (AvgIpc) is 2.91. The summed E-state index contributed by atoms with van der Waals surface area (Å²) in [7, 11) is 0. The number of aromatic carboxylic acids is 1. The Hall–Kier alpha value is -4.78. The summed E-state index contributed by atoms with van der Waals surface area (Å²) in [6.45, 7) is 0.470. The molecule has 0 fully saturated rings. The minimum atomic E-state index is -1.18. The third-order valence-electron chi connectivity index (χ3n) is 6.75. The summed E-state index contributed by atoms with van der Waals surface area (Å²) in [5.41, 5.74) is 3.36. The highest BCUT2D eigenvalue weighted by Crippen LogP contribution is 2.32. The number of aromatic amines is 1. The molecule has 0 saturated carbocycles. The predicted octanol–water partition coefficient (Wildman–Crippen LogP) is 4.64. The molecule has 6 rings (SSSR count). The molecule has 1 amide bonds. The molecule has 5 aromatic rings. The van der Waals surface area contributed by atoms with E-state index in [1.807, 2.05) is 72.8 Å². The van der Waals surface area contributed by atoms with Gasteiger partial charge >= 0.3 is 5.97 Å². The van der Waals surface area contributed by atoms with Crippen LogP contribution in [0.4, 0.5) is 0 Å². The van der Waals surface area contributed by atoms with Crippen molar-refractivity contribution in [3.05, 3.63) is 112 Å². The van der Waals surface area contributed by atoms with Crippen molar-refractivity contribution in [3.8, 4) is 11.3 Å². The summed E-state index contributed by atoms with van der Waals surface area (Å²) >= 11 is 0. The van der Waals surface area contributed by atoms with E-state index in [0.717, 1.165) is 27.8 Å². The van der Waals surface area contributed by atoms with Crippen molar-refractivity contribution >= 4 is 33.6 Å². The van der Waals surface area contributed by atoms with Crippen molar-refractivity contribution in [3.63, 3.8) is 0 Å². The zero-order valence-electron chi connectivity index (χ0n) is 19.2. The number of nitrogens with one attached hydrogen (secondary N) is 1. The monoisotopic (exact) mass is 475 g/mol. The predicted molar refractivity (Wildman–Crippen MR) is 137 cm³/mol. The van der Waals surface area contributed by atoms with E-state index in [1.165, 1.54) is 0 Å². The molecule has 176 valence electrons. The van der Waals surface area contributed by atoms with Crippen molar-refractivity contribution in [2.24, 2.45) is 0 Å². The first-order valence-electron chi connectivity index (χ1n) is 11.6. The first kappa shape index (κ1) is 21.7. The first-order valence-corrected chi connectivity index (χ1v) is 11.6. The van der Waals surface area contributed by atoms with Gasteiger partial charge in [-0.15, -0.1) is 0 Å². The van der Waals surface area contributed by atoms with Gasteiger partial charge in [0.05, 0.1) is 22.3 Å². The molecule has 1 aliphatic heterocycles. The number of carboxylic acid groups (broad SMARTS) is 1. The lowest BCUT2D eigenvalue weighted by molar-refractivity contribution is 0.0677. The Balaban J connectivity index is 1.48. The van der Waals surface area contributed by atoms with Crippen LogP contribution in [0.15, 0.2) is 83.7 Å². The molecule has 3 heterocycles. The Labute approximate surface area is 205 Å². The second-order valence-corrected chi connectivity index (χ2v) is 8.89. The third-order valence-corrected chi connectivity index (χ3v) is 6.75. The van der Waals surface area contributed by atoms with Crippen LogP contribution in [0.3, 0.4) is 0 Å². The molecule has 3 aromatic carbocycles. The highest BCUT2D eigenvalue weighted by atomic mass is 16.4. The number of rotatable bonds is 3. The molecule has 1 aliphatic rings. The maximum absolute atomic E-state index is 13.9. The third kappa shape index (κ3) is 3.62. The Morgan fingerprint density at radius 1 is 0.889 bits per heavy atom. The molecule has 2 N–H and O–H groups in total. The number of para-hydroxylation sites is 1. The fourth-order valence-electron chi connectivity index (χ4n) is 5.03. The number of benzene rings is 3. The summed E-state index contributed by atoms with van der Waals surface area (Å²) in [5, 5.41) is 12.5. The van der Waals surface area contributed by atoms with E-state index in [9.17, 15) is 19.5 Å². The van der Waals surface area contributed by atoms with Crippen LogP contribution in [0.2, 0.25) is 0 Å². The van der Waals surface area contributed by atoms with E-state index in [-0.39, 0.29) is 18.0 Å². The normalized spacial score (nSPS) is 13.1. The van der Waals surface area contributed by atoms with E-state index in [2.05, 4.69) is 4.98 Å². The Kier molecular flexibility index (Phi) is 5.11. The van der Waals surface area contributed by atoms with Gasteiger partial charge < -0.3 is 15.0 Å². The number of carbonyl (C=O) groups excluding carboxylic acids is 1. The van der Waals surface area contributed by atoms with Gasteiger partial charge in [0.15, 0.2) is 0 Å². The molecule has 0 radical (unpaired) electrons. The van der Waals surface area contributed by atoms with Gasteiger partial charge in [0, 0.05) is 47.8 Å². The van der Waals surface area contributed by atoms with Crippen molar-refractivity contribution in [2.75, 3.05) is 6.54 Å². The van der Waals surface area contributed by atoms with E-state index in [4.69, 9.17) is 4.98 Å². The molecule has 0 unspecified atom stereocenters. The Bertz CT molecular complexity index is 1750. The van der Waals surface area contributed by atoms with Gasteiger partial charge in [0.25, 0.3) is 5.91 Å². The fraction of sp³-hybridized carbons (Fsp3) is 0.103. The van der Waals surface area contributed by atoms with Gasteiger partial charge in [0.2, 0.25) is 5.56 Å². The first-order chi connectivity index (χ1) is 17.5. The van der Waals surface area contributed by atoms with Crippen LogP contribution in [0, 0.1) is 0 Å². The maximum Gasteiger partial charge on any atom is 0.336 e. The minimum Gasteiger partial charge on any atom is -0.478 e. The maximum atomic E-state index is 13.9. The van der Waals surface area contributed by atoms with Crippen LogP contribution in [0.5, 0.6) is 0 Å². The minimum absolute atomic E-state index is 0.0673. The Morgan fingerprint density at radius 2 is 1.64 bits per heavy atom.